The van der Waals surface area contributed by atoms with Gasteiger partial charge in [0.15, 0.2) is 0 Å². The van der Waals surface area contributed by atoms with Gasteiger partial charge in [-0.05, 0) is 23.1 Å². The maximum Gasteiger partial charge on any atom is 0.349 e. The quantitative estimate of drug-likeness (QED) is 0.465. The zero-order chi connectivity index (χ0) is 17.2. The fraction of sp³-hybridized carbons (Fsp3) is 0.250. The second kappa shape index (κ2) is 6.23. The van der Waals surface area contributed by atoms with Gasteiger partial charge in [0.05, 0.1) is 11.1 Å². The summed E-state index contributed by atoms with van der Waals surface area (Å²) < 4.78 is 5.55. The molecule has 0 atom stereocenters. The summed E-state index contributed by atoms with van der Waals surface area (Å²) in [5.74, 6) is 0.167. The molecule has 0 amide bonds. The van der Waals surface area contributed by atoms with Crippen molar-refractivity contribution in [2.75, 3.05) is 0 Å². The summed E-state index contributed by atoms with van der Waals surface area (Å²) in [4.78, 5) is 14.1. The van der Waals surface area contributed by atoms with E-state index in [1.54, 1.807) is 12.1 Å². The predicted octanol–water partition coefficient (Wildman–Crippen LogP) is 4.60. The number of halogens is 1. The molecular weight excluding hydrogens is 318 g/mol. The minimum absolute atomic E-state index is 0.0255. The Labute approximate surface area is 138 Å². The number of pyridine rings is 1. The maximum absolute atomic E-state index is 11.2. The van der Waals surface area contributed by atoms with E-state index >= 15 is 0 Å². The molecule has 0 N–H and O–H groups in total. The fourth-order valence-corrected chi connectivity index (χ4v) is 2.15. The molecule has 0 saturated carbocycles. The van der Waals surface area contributed by atoms with Crippen LogP contribution in [0.4, 0.5) is 5.69 Å². The van der Waals surface area contributed by atoms with Crippen LogP contribution in [0.25, 0.3) is 0 Å². The standard InChI is InChI=1S/C16H14ClN3O3/c1-16(2,3)11-4-6-12(7-5-11)23-14-10(8-18)9-19-15(17)13(14)20(21)22/h4-7,9H,1-3H3. The molecule has 0 radical (unpaired) electrons. The fourth-order valence-electron chi connectivity index (χ4n) is 1.94. The van der Waals surface area contributed by atoms with Gasteiger partial charge in [-0.1, -0.05) is 44.5 Å². The Kier molecular flexibility index (Phi) is 4.52. The average Bonchev–Trinajstić information content (AvgIpc) is 2.47. The molecule has 0 bridgehead atoms. The van der Waals surface area contributed by atoms with Gasteiger partial charge < -0.3 is 4.74 Å². The largest absolute Gasteiger partial charge is 0.449 e. The highest BCUT2D eigenvalue weighted by Gasteiger charge is 2.26. The van der Waals surface area contributed by atoms with Crippen LogP contribution in [0.3, 0.4) is 0 Å². The number of benzene rings is 1. The van der Waals surface area contributed by atoms with E-state index in [0.717, 1.165) is 11.8 Å². The molecule has 6 nitrogen and oxygen atoms in total. The van der Waals surface area contributed by atoms with Gasteiger partial charge in [-0.3, -0.25) is 10.1 Å². The first-order valence-corrected chi connectivity index (χ1v) is 7.13. The number of nitrogens with zero attached hydrogens (tertiary/aromatic N) is 3. The van der Waals surface area contributed by atoms with E-state index < -0.39 is 10.6 Å². The van der Waals surface area contributed by atoms with E-state index in [1.807, 2.05) is 18.2 Å². The molecule has 0 saturated heterocycles. The topological polar surface area (TPSA) is 89.0 Å². The van der Waals surface area contributed by atoms with Crippen molar-refractivity contribution in [3.63, 3.8) is 0 Å². The number of hydrogen-bond donors (Lipinski definition) is 0. The normalized spacial score (nSPS) is 10.9. The molecular formula is C16H14ClN3O3. The average molecular weight is 332 g/mol. The minimum Gasteiger partial charge on any atom is -0.449 e. The smallest absolute Gasteiger partial charge is 0.349 e. The molecule has 0 aliphatic carbocycles. The van der Waals surface area contributed by atoms with Crippen molar-refractivity contribution in [3.05, 3.63) is 56.9 Å². The van der Waals surface area contributed by atoms with Crippen LogP contribution in [0.5, 0.6) is 11.5 Å². The van der Waals surface area contributed by atoms with Gasteiger partial charge in [-0.25, -0.2) is 4.98 Å². The van der Waals surface area contributed by atoms with Crippen LogP contribution in [0.2, 0.25) is 5.15 Å². The summed E-state index contributed by atoms with van der Waals surface area (Å²) in [7, 11) is 0. The molecule has 1 aromatic carbocycles. The molecule has 1 heterocycles. The summed E-state index contributed by atoms with van der Waals surface area (Å²) in [5, 5.41) is 20.0. The summed E-state index contributed by atoms with van der Waals surface area (Å²) >= 11 is 5.76. The number of ether oxygens (including phenoxy) is 1. The second-order valence-electron chi connectivity index (χ2n) is 5.89. The van der Waals surface area contributed by atoms with Crippen LogP contribution in [0, 0.1) is 21.4 Å². The van der Waals surface area contributed by atoms with Crippen molar-refractivity contribution < 1.29 is 9.66 Å². The van der Waals surface area contributed by atoms with Gasteiger partial charge in [-0.15, -0.1) is 0 Å². The third-order valence-electron chi connectivity index (χ3n) is 3.21. The molecule has 0 aliphatic heterocycles. The van der Waals surface area contributed by atoms with E-state index in [0.29, 0.717) is 5.75 Å². The Morgan fingerprint density at radius 3 is 2.39 bits per heavy atom. The van der Waals surface area contributed by atoms with Gasteiger partial charge in [-0.2, -0.15) is 5.26 Å². The number of nitriles is 1. The van der Waals surface area contributed by atoms with Crippen molar-refractivity contribution in [2.45, 2.75) is 26.2 Å². The van der Waals surface area contributed by atoms with E-state index in [-0.39, 0.29) is 21.9 Å². The predicted molar refractivity (Wildman–Crippen MR) is 85.8 cm³/mol. The summed E-state index contributed by atoms with van der Waals surface area (Å²) in [6, 6.07) is 8.95. The zero-order valence-electron chi connectivity index (χ0n) is 12.8. The molecule has 1 aromatic heterocycles. The van der Waals surface area contributed by atoms with Crippen LogP contribution in [-0.2, 0) is 5.41 Å². The van der Waals surface area contributed by atoms with E-state index in [4.69, 9.17) is 21.6 Å². The number of nitro groups is 1. The molecule has 23 heavy (non-hydrogen) atoms. The van der Waals surface area contributed by atoms with Crippen LogP contribution in [-0.4, -0.2) is 9.91 Å². The van der Waals surface area contributed by atoms with Crippen molar-refractivity contribution >= 4 is 17.3 Å². The molecule has 2 rings (SSSR count). The Hall–Kier alpha value is -2.65. The molecule has 0 aliphatic rings. The highest BCUT2D eigenvalue weighted by Crippen LogP contribution is 2.38. The molecule has 7 heteroatoms. The van der Waals surface area contributed by atoms with Crippen molar-refractivity contribution in [1.29, 1.82) is 5.26 Å². The first kappa shape index (κ1) is 16.7. The lowest BCUT2D eigenvalue weighted by molar-refractivity contribution is -0.385. The van der Waals surface area contributed by atoms with Gasteiger partial charge in [0.1, 0.15) is 17.4 Å². The Morgan fingerprint density at radius 1 is 1.30 bits per heavy atom. The highest BCUT2D eigenvalue weighted by atomic mass is 35.5. The van der Waals surface area contributed by atoms with Gasteiger partial charge in [0.2, 0.25) is 10.9 Å². The third-order valence-corrected chi connectivity index (χ3v) is 3.48. The Balaban J connectivity index is 2.46. The van der Waals surface area contributed by atoms with E-state index in [2.05, 4.69) is 25.8 Å². The van der Waals surface area contributed by atoms with E-state index in [9.17, 15) is 10.1 Å². The molecule has 0 fully saturated rings. The third kappa shape index (κ3) is 3.58. The lowest BCUT2D eigenvalue weighted by atomic mass is 9.87. The molecule has 118 valence electrons. The molecule has 0 spiro atoms. The number of aromatic nitrogens is 1. The van der Waals surface area contributed by atoms with Gasteiger partial charge in [0, 0.05) is 0 Å². The summed E-state index contributed by atoms with van der Waals surface area (Å²) in [6.07, 6.45) is 1.15. The first-order valence-electron chi connectivity index (χ1n) is 6.75. The minimum atomic E-state index is -0.713. The van der Waals surface area contributed by atoms with Crippen LogP contribution in [0.1, 0.15) is 31.9 Å². The van der Waals surface area contributed by atoms with Crippen LogP contribution >= 0.6 is 11.6 Å². The monoisotopic (exact) mass is 331 g/mol. The van der Waals surface area contributed by atoms with Crippen molar-refractivity contribution in [2.24, 2.45) is 0 Å². The van der Waals surface area contributed by atoms with Crippen molar-refractivity contribution in [3.8, 4) is 17.6 Å². The first-order chi connectivity index (χ1) is 10.7. The summed E-state index contributed by atoms with van der Waals surface area (Å²) in [6.45, 7) is 6.22. The number of rotatable bonds is 3. The van der Waals surface area contributed by atoms with Crippen molar-refractivity contribution in [1.82, 2.24) is 4.98 Å². The second-order valence-corrected chi connectivity index (χ2v) is 6.24. The SMILES string of the molecule is CC(C)(C)c1ccc(Oc2c(C#N)cnc(Cl)c2[N+](=O)[O-])cc1. The lowest BCUT2D eigenvalue weighted by Crippen LogP contribution is -2.10. The molecule has 2 aromatic rings. The Morgan fingerprint density at radius 2 is 1.91 bits per heavy atom. The highest BCUT2D eigenvalue weighted by molar-refractivity contribution is 6.31. The van der Waals surface area contributed by atoms with Gasteiger partial charge in [0.25, 0.3) is 0 Å². The lowest BCUT2D eigenvalue weighted by Gasteiger charge is -2.19. The van der Waals surface area contributed by atoms with Crippen LogP contribution < -0.4 is 4.74 Å². The Bertz CT molecular complexity index is 790. The van der Waals surface area contributed by atoms with Gasteiger partial charge >= 0.3 is 5.69 Å². The molecule has 0 unspecified atom stereocenters. The zero-order valence-corrected chi connectivity index (χ0v) is 13.6. The van der Waals surface area contributed by atoms with Crippen LogP contribution in [0.15, 0.2) is 30.5 Å². The summed E-state index contributed by atoms with van der Waals surface area (Å²) in [5.41, 5.74) is 0.488. The van der Waals surface area contributed by atoms with E-state index in [1.165, 1.54) is 0 Å². The maximum atomic E-state index is 11.2. The number of hydrogen-bond acceptors (Lipinski definition) is 5.